The molecule has 0 saturated carbocycles. The monoisotopic (exact) mass is 246 g/mol. The van der Waals surface area contributed by atoms with Crippen LogP contribution >= 0.6 is 0 Å². The second-order valence-corrected chi connectivity index (χ2v) is 5.25. The quantitative estimate of drug-likeness (QED) is 0.488. The lowest BCUT2D eigenvalue weighted by Gasteiger charge is -2.26. The molecule has 0 aliphatic heterocycles. The van der Waals surface area contributed by atoms with Gasteiger partial charge in [-0.25, -0.2) is 13.2 Å². The van der Waals surface area contributed by atoms with Crippen LogP contribution in [0.5, 0.6) is 0 Å². The van der Waals surface area contributed by atoms with E-state index in [1.165, 1.54) is 6.07 Å². The average molecular weight is 246 g/mol. The first-order chi connectivity index (χ1) is 7.76. The Balaban J connectivity index is 3.09. The lowest BCUT2D eigenvalue weighted by Crippen LogP contribution is -2.32. The number of hydrazine groups is 1. The largest absolute Gasteiger partial charge is 0.271 e. The third kappa shape index (κ3) is 3.44. The number of nitrogens with one attached hydrogen (secondary N) is 1. The summed E-state index contributed by atoms with van der Waals surface area (Å²) in [5.74, 6) is 1.50. The van der Waals surface area contributed by atoms with E-state index in [4.69, 9.17) is 5.84 Å². The Hall–Kier alpha value is -1.07. The molecule has 0 bridgehead atoms. The smallest absolute Gasteiger partial charge is 0.194 e. The summed E-state index contributed by atoms with van der Waals surface area (Å²) in [6, 6.07) is 1.56. The predicted octanol–water partition coefficient (Wildman–Crippen LogP) is 3.04. The molecule has 1 atom stereocenters. The number of nitrogens with two attached hydrogens (primary N) is 1. The van der Waals surface area contributed by atoms with Crippen molar-refractivity contribution in [2.24, 2.45) is 11.3 Å². The summed E-state index contributed by atoms with van der Waals surface area (Å²) in [6.45, 7) is 5.86. The van der Waals surface area contributed by atoms with E-state index in [1.807, 2.05) is 20.8 Å². The molecule has 1 aromatic rings. The Morgan fingerprint density at radius 2 is 1.76 bits per heavy atom. The van der Waals surface area contributed by atoms with Crippen molar-refractivity contribution >= 4 is 0 Å². The van der Waals surface area contributed by atoms with Crippen LogP contribution in [0, 0.1) is 22.9 Å². The fourth-order valence-electron chi connectivity index (χ4n) is 1.68. The molecule has 0 saturated heterocycles. The highest BCUT2D eigenvalue weighted by Gasteiger charge is 2.24. The molecule has 0 amide bonds. The molecule has 1 unspecified atom stereocenters. The van der Waals surface area contributed by atoms with Gasteiger partial charge in [0, 0.05) is 11.6 Å². The first-order valence-electron chi connectivity index (χ1n) is 5.36. The Labute approximate surface area is 99.0 Å². The van der Waals surface area contributed by atoms with Crippen LogP contribution in [0.2, 0.25) is 0 Å². The Bertz CT molecular complexity index is 399. The molecule has 17 heavy (non-hydrogen) atoms. The summed E-state index contributed by atoms with van der Waals surface area (Å²) in [5.41, 5.74) is 2.36. The van der Waals surface area contributed by atoms with Gasteiger partial charge in [-0.2, -0.15) is 0 Å². The van der Waals surface area contributed by atoms with E-state index in [9.17, 15) is 13.2 Å². The van der Waals surface area contributed by atoms with E-state index in [-0.39, 0.29) is 11.0 Å². The van der Waals surface area contributed by atoms with Crippen LogP contribution in [0.15, 0.2) is 12.1 Å². The minimum absolute atomic E-state index is 0.0429. The van der Waals surface area contributed by atoms with E-state index >= 15 is 0 Å². The third-order valence-corrected chi connectivity index (χ3v) is 2.46. The molecule has 0 radical (unpaired) electrons. The summed E-state index contributed by atoms with van der Waals surface area (Å²) in [7, 11) is 0. The summed E-state index contributed by atoms with van der Waals surface area (Å²) >= 11 is 0. The highest BCUT2D eigenvalue weighted by Crippen LogP contribution is 2.31. The molecular weight excluding hydrogens is 229 g/mol. The Morgan fingerprint density at radius 3 is 2.24 bits per heavy atom. The number of benzene rings is 1. The average Bonchev–Trinajstić information content (AvgIpc) is 2.22. The molecule has 0 heterocycles. The maximum atomic E-state index is 13.6. The third-order valence-electron chi connectivity index (χ3n) is 2.46. The van der Waals surface area contributed by atoms with Gasteiger partial charge in [0.15, 0.2) is 17.5 Å². The minimum atomic E-state index is -1.46. The van der Waals surface area contributed by atoms with Gasteiger partial charge in [0.1, 0.15) is 0 Å². The zero-order valence-corrected chi connectivity index (χ0v) is 10.2. The van der Waals surface area contributed by atoms with Crippen molar-refractivity contribution in [1.82, 2.24) is 5.43 Å². The normalized spacial score (nSPS) is 13.8. The lowest BCUT2D eigenvalue weighted by molar-refractivity contribution is 0.305. The second kappa shape index (κ2) is 5.06. The molecule has 0 aromatic heterocycles. The number of rotatable bonds is 3. The van der Waals surface area contributed by atoms with E-state index in [0.29, 0.717) is 6.42 Å². The maximum absolute atomic E-state index is 13.6. The van der Waals surface area contributed by atoms with Gasteiger partial charge in [-0.1, -0.05) is 26.8 Å². The van der Waals surface area contributed by atoms with Crippen LogP contribution in [0.1, 0.15) is 38.8 Å². The summed E-state index contributed by atoms with van der Waals surface area (Å²) in [5, 5.41) is 0. The van der Waals surface area contributed by atoms with Crippen LogP contribution < -0.4 is 11.3 Å². The molecule has 2 nitrogen and oxygen atoms in total. The van der Waals surface area contributed by atoms with Crippen molar-refractivity contribution in [3.8, 4) is 0 Å². The molecule has 0 fully saturated rings. The van der Waals surface area contributed by atoms with Crippen LogP contribution in [0.25, 0.3) is 0 Å². The fraction of sp³-hybridized carbons (Fsp3) is 0.500. The van der Waals surface area contributed by atoms with Crippen molar-refractivity contribution < 1.29 is 13.2 Å². The SMILES string of the molecule is CC(C)(C)CC(NN)c1ccc(F)c(F)c1F. The molecule has 3 N–H and O–H groups in total. The van der Waals surface area contributed by atoms with E-state index in [1.54, 1.807) is 0 Å². The van der Waals surface area contributed by atoms with Crippen molar-refractivity contribution in [2.45, 2.75) is 33.2 Å². The van der Waals surface area contributed by atoms with Crippen LogP contribution in [0.3, 0.4) is 0 Å². The van der Waals surface area contributed by atoms with Crippen molar-refractivity contribution in [3.05, 3.63) is 35.1 Å². The van der Waals surface area contributed by atoms with Gasteiger partial charge in [-0.3, -0.25) is 11.3 Å². The van der Waals surface area contributed by atoms with Gasteiger partial charge in [0.05, 0.1) is 0 Å². The van der Waals surface area contributed by atoms with Crippen LogP contribution in [-0.2, 0) is 0 Å². The summed E-state index contributed by atoms with van der Waals surface area (Å²) in [4.78, 5) is 0. The van der Waals surface area contributed by atoms with Gasteiger partial charge in [-0.15, -0.1) is 0 Å². The topological polar surface area (TPSA) is 38.0 Å². The minimum Gasteiger partial charge on any atom is -0.271 e. The van der Waals surface area contributed by atoms with Gasteiger partial charge in [0.25, 0.3) is 0 Å². The number of halogens is 3. The van der Waals surface area contributed by atoms with Crippen molar-refractivity contribution in [3.63, 3.8) is 0 Å². The number of hydrogen-bond acceptors (Lipinski definition) is 2. The van der Waals surface area contributed by atoms with Crippen molar-refractivity contribution in [2.75, 3.05) is 0 Å². The Morgan fingerprint density at radius 1 is 1.18 bits per heavy atom. The highest BCUT2D eigenvalue weighted by atomic mass is 19.2. The standard InChI is InChI=1S/C12H17F3N2/c1-12(2,3)6-9(17-16)7-4-5-8(13)11(15)10(7)14/h4-5,9,17H,6,16H2,1-3H3. The van der Waals surface area contributed by atoms with Crippen LogP contribution in [0.4, 0.5) is 13.2 Å². The molecule has 0 aliphatic carbocycles. The van der Waals surface area contributed by atoms with E-state index in [0.717, 1.165) is 6.07 Å². The van der Waals surface area contributed by atoms with Gasteiger partial charge < -0.3 is 0 Å². The molecule has 0 spiro atoms. The Kier molecular flexibility index (Phi) is 4.16. The molecule has 1 aromatic carbocycles. The van der Waals surface area contributed by atoms with Gasteiger partial charge >= 0.3 is 0 Å². The molecule has 1 rings (SSSR count). The predicted molar refractivity (Wildman–Crippen MR) is 60.5 cm³/mol. The fourth-order valence-corrected chi connectivity index (χ4v) is 1.68. The molecule has 5 heteroatoms. The first kappa shape index (κ1) is 14.0. The van der Waals surface area contributed by atoms with Crippen molar-refractivity contribution in [1.29, 1.82) is 0 Å². The van der Waals surface area contributed by atoms with Gasteiger partial charge in [-0.05, 0) is 17.9 Å². The van der Waals surface area contributed by atoms with Gasteiger partial charge in [0.2, 0.25) is 0 Å². The van der Waals surface area contributed by atoms with E-state index < -0.39 is 23.5 Å². The maximum Gasteiger partial charge on any atom is 0.194 e. The summed E-state index contributed by atoms with van der Waals surface area (Å²) < 4.78 is 39.5. The second-order valence-electron chi connectivity index (χ2n) is 5.25. The summed E-state index contributed by atoms with van der Waals surface area (Å²) in [6.07, 6.45) is 0.505. The van der Waals surface area contributed by atoms with E-state index in [2.05, 4.69) is 5.43 Å². The molecular formula is C12H17F3N2. The van der Waals surface area contributed by atoms with Crippen LogP contribution in [-0.4, -0.2) is 0 Å². The molecule has 96 valence electrons. The zero-order valence-electron chi connectivity index (χ0n) is 10.2. The zero-order chi connectivity index (χ0) is 13.2. The lowest BCUT2D eigenvalue weighted by atomic mass is 9.85. The highest BCUT2D eigenvalue weighted by molar-refractivity contribution is 5.23. The first-order valence-corrected chi connectivity index (χ1v) is 5.36. The molecule has 0 aliphatic rings. The number of hydrogen-bond donors (Lipinski definition) is 2.